The van der Waals surface area contributed by atoms with Crippen molar-refractivity contribution in [1.29, 1.82) is 0 Å². The zero-order valence-electron chi connectivity index (χ0n) is 14.4. The van der Waals surface area contributed by atoms with Gasteiger partial charge in [0.1, 0.15) is 0 Å². The molecule has 0 unspecified atom stereocenters. The van der Waals surface area contributed by atoms with E-state index in [4.69, 9.17) is 12.6 Å². The average molecular weight is 312 g/mol. The van der Waals surface area contributed by atoms with Gasteiger partial charge in [-0.2, -0.15) is 12.6 Å². The molecule has 2 heteroatoms. The molecule has 0 bridgehead atoms. The summed E-state index contributed by atoms with van der Waals surface area (Å²) in [5.41, 5.74) is 0.442. The Labute approximate surface area is 138 Å². The molecule has 2 aliphatic rings. The lowest BCUT2D eigenvalue weighted by Gasteiger charge is -2.46. The Balaban J connectivity index is 2.09. The highest BCUT2D eigenvalue weighted by Gasteiger charge is 2.35. The van der Waals surface area contributed by atoms with Crippen LogP contribution in [0.25, 0.3) is 0 Å². The van der Waals surface area contributed by atoms with Crippen molar-refractivity contribution in [3.8, 4) is 0 Å². The molecule has 0 aromatic rings. The summed E-state index contributed by atoms with van der Waals surface area (Å²) in [4.78, 5) is 2.97. The Morgan fingerprint density at radius 3 is 1.57 bits per heavy atom. The molecule has 0 amide bonds. The molecule has 2 aliphatic carbocycles. The lowest BCUT2D eigenvalue weighted by Crippen LogP contribution is -2.50. The van der Waals surface area contributed by atoms with Crippen LogP contribution in [0.4, 0.5) is 0 Å². The van der Waals surface area contributed by atoms with Gasteiger partial charge in [-0.15, -0.1) is 0 Å². The van der Waals surface area contributed by atoms with Gasteiger partial charge in [-0.25, -0.2) is 0 Å². The first-order valence-corrected chi connectivity index (χ1v) is 10.2. The Morgan fingerprint density at radius 1 is 0.810 bits per heavy atom. The zero-order chi connectivity index (χ0) is 15.1. The van der Waals surface area contributed by atoms with Crippen LogP contribution in [0.3, 0.4) is 0 Å². The van der Waals surface area contributed by atoms with Crippen LogP contribution in [0.1, 0.15) is 90.9 Å². The van der Waals surface area contributed by atoms with Crippen LogP contribution < -0.4 is 0 Å². The summed E-state index contributed by atoms with van der Waals surface area (Å²) in [6.45, 7) is 6.05. The Bertz CT molecular complexity index is 249. The number of thiol groups is 1. The van der Waals surface area contributed by atoms with E-state index in [2.05, 4.69) is 18.7 Å². The molecule has 0 spiro atoms. The third kappa shape index (κ3) is 4.64. The highest BCUT2D eigenvalue weighted by atomic mass is 32.1. The van der Waals surface area contributed by atoms with Gasteiger partial charge in [0.25, 0.3) is 0 Å². The summed E-state index contributed by atoms with van der Waals surface area (Å²) in [5.74, 6) is 1.05. The van der Waals surface area contributed by atoms with Gasteiger partial charge >= 0.3 is 0 Å². The predicted octanol–water partition coefficient (Wildman–Crippen LogP) is 5.69. The van der Waals surface area contributed by atoms with Crippen LogP contribution in [-0.4, -0.2) is 29.3 Å². The monoisotopic (exact) mass is 311 g/mol. The number of nitrogens with zero attached hydrogens (tertiary/aromatic N) is 1. The average Bonchev–Trinajstić information content (AvgIpc) is 2.58. The van der Waals surface area contributed by atoms with E-state index in [0.717, 1.165) is 17.8 Å². The first kappa shape index (κ1) is 17.7. The number of hydrogen-bond donors (Lipinski definition) is 1. The molecule has 2 rings (SSSR count). The van der Waals surface area contributed by atoms with E-state index in [1.807, 2.05) is 0 Å². The van der Waals surface area contributed by atoms with Gasteiger partial charge in [-0.05, 0) is 49.7 Å². The third-order valence-electron chi connectivity index (χ3n) is 6.44. The quantitative estimate of drug-likeness (QED) is 0.591. The molecule has 0 N–H and O–H groups in total. The summed E-state index contributed by atoms with van der Waals surface area (Å²) in [6.07, 6.45) is 17.1. The Hall–Kier alpha value is 0.310. The molecule has 0 atom stereocenters. The minimum absolute atomic E-state index is 0.442. The summed E-state index contributed by atoms with van der Waals surface area (Å²) >= 11 is 4.74. The first-order chi connectivity index (χ1) is 10.2. The number of rotatable bonds is 7. The molecule has 21 heavy (non-hydrogen) atoms. The minimum Gasteiger partial charge on any atom is -0.297 e. The summed E-state index contributed by atoms with van der Waals surface area (Å²) in [7, 11) is 0. The van der Waals surface area contributed by atoms with Gasteiger partial charge in [0, 0.05) is 18.6 Å². The summed E-state index contributed by atoms with van der Waals surface area (Å²) in [5, 5.41) is 0. The second-order valence-electron chi connectivity index (χ2n) is 7.62. The molecule has 2 fully saturated rings. The Morgan fingerprint density at radius 2 is 1.24 bits per heavy atom. The SMILES string of the molecule is CCC(CC)(CS)CN(C1CCCCC1)C1CCCCC1. The molecule has 0 aliphatic heterocycles. The van der Waals surface area contributed by atoms with Crippen LogP contribution in [0, 0.1) is 5.41 Å². The second-order valence-corrected chi connectivity index (χ2v) is 7.94. The molecule has 124 valence electrons. The Kier molecular flexibility index (Phi) is 7.41. The largest absolute Gasteiger partial charge is 0.297 e. The standard InChI is InChI=1S/C19H37NS/c1-3-19(4-2,16-21)15-20(17-11-7-5-8-12-17)18-13-9-6-10-14-18/h17-18,21H,3-16H2,1-2H3. The van der Waals surface area contributed by atoms with Crippen molar-refractivity contribution in [2.45, 2.75) is 103 Å². The highest BCUT2D eigenvalue weighted by molar-refractivity contribution is 7.80. The fraction of sp³-hybridized carbons (Fsp3) is 1.00. The van der Waals surface area contributed by atoms with Gasteiger partial charge < -0.3 is 0 Å². The lowest BCUT2D eigenvalue weighted by molar-refractivity contribution is 0.0373. The lowest BCUT2D eigenvalue weighted by atomic mass is 9.80. The minimum atomic E-state index is 0.442. The molecular formula is C19H37NS. The molecule has 0 saturated heterocycles. The molecule has 0 aromatic heterocycles. The summed E-state index contributed by atoms with van der Waals surface area (Å²) < 4.78 is 0. The maximum absolute atomic E-state index is 4.74. The van der Waals surface area contributed by atoms with Gasteiger partial charge in [0.2, 0.25) is 0 Å². The van der Waals surface area contributed by atoms with Crippen LogP contribution in [0.5, 0.6) is 0 Å². The molecule has 0 heterocycles. The smallest absolute Gasteiger partial charge is 0.00984 e. The van der Waals surface area contributed by atoms with Crippen molar-refractivity contribution in [1.82, 2.24) is 4.90 Å². The molecule has 1 nitrogen and oxygen atoms in total. The fourth-order valence-corrected chi connectivity index (χ4v) is 5.06. The molecule has 0 radical (unpaired) electrons. The van der Waals surface area contributed by atoms with Crippen LogP contribution >= 0.6 is 12.6 Å². The van der Waals surface area contributed by atoms with Crippen molar-refractivity contribution in [3.63, 3.8) is 0 Å². The number of hydrogen-bond acceptors (Lipinski definition) is 2. The van der Waals surface area contributed by atoms with E-state index < -0.39 is 0 Å². The zero-order valence-corrected chi connectivity index (χ0v) is 15.3. The third-order valence-corrected chi connectivity index (χ3v) is 7.11. The first-order valence-electron chi connectivity index (χ1n) is 9.61. The molecular weight excluding hydrogens is 274 g/mol. The van der Waals surface area contributed by atoms with Gasteiger partial charge in [0.15, 0.2) is 0 Å². The topological polar surface area (TPSA) is 3.24 Å². The fourth-order valence-electron chi connectivity index (χ4n) is 4.52. The molecule has 0 aromatic carbocycles. The summed E-state index contributed by atoms with van der Waals surface area (Å²) in [6, 6.07) is 1.75. The van der Waals surface area contributed by atoms with E-state index >= 15 is 0 Å². The van der Waals surface area contributed by atoms with Gasteiger partial charge in [-0.3, -0.25) is 4.90 Å². The molecule has 2 saturated carbocycles. The van der Waals surface area contributed by atoms with Gasteiger partial charge in [-0.1, -0.05) is 52.4 Å². The predicted molar refractivity (Wildman–Crippen MR) is 97.3 cm³/mol. The van der Waals surface area contributed by atoms with Crippen LogP contribution in [0.15, 0.2) is 0 Å². The van der Waals surface area contributed by atoms with Gasteiger partial charge in [0.05, 0.1) is 0 Å². The van der Waals surface area contributed by atoms with E-state index in [1.165, 1.54) is 83.6 Å². The maximum Gasteiger partial charge on any atom is 0.00984 e. The second kappa shape index (κ2) is 8.82. The van der Waals surface area contributed by atoms with Crippen molar-refractivity contribution in [3.05, 3.63) is 0 Å². The van der Waals surface area contributed by atoms with Crippen molar-refractivity contribution in [2.24, 2.45) is 5.41 Å². The van der Waals surface area contributed by atoms with E-state index in [9.17, 15) is 0 Å². The normalized spacial score (nSPS) is 22.9. The van der Waals surface area contributed by atoms with Crippen molar-refractivity contribution >= 4 is 12.6 Å². The van der Waals surface area contributed by atoms with Crippen LogP contribution in [-0.2, 0) is 0 Å². The van der Waals surface area contributed by atoms with E-state index in [-0.39, 0.29) is 0 Å². The maximum atomic E-state index is 4.74. The van der Waals surface area contributed by atoms with Crippen molar-refractivity contribution < 1.29 is 0 Å². The van der Waals surface area contributed by atoms with E-state index in [1.54, 1.807) is 0 Å². The van der Waals surface area contributed by atoms with Crippen molar-refractivity contribution in [2.75, 3.05) is 12.3 Å². The van der Waals surface area contributed by atoms with Crippen LogP contribution in [0.2, 0.25) is 0 Å². The van der Waals surface area contributed by atoms with E-state index in [0.29, 0.717) is 5.41 Å². The highest BCUT2D eigenvalue weighted by Crippen LogP contribution is 2.36.